The number of carbonyl (C=O) groups excluding carboxylic acids is 2. The summed E-state index contributed by atoms with van der Waals surface area (Å²) in [5, 5.41) is 7.11. The Bertz CT molecular complexity index is 1110. The van der Waals surface area contributed by atoms with E-state index in [4.69, 9.17) is 0 Å². The Hall–Kier alpha value is -3.17. The number of anilines is 2. The van der Waals surface area contributed by atoms with Gasteiger partial charge in [-0.25, -0.2) is 8.42 Å². The molecule has 0 spiro atoms. The maximum absolute atomic E-state index is 12.5. The third kappa shape index (κ3) is 5.21. The van der Waals surface area contributed by atoms with Crippen LogP contribution in [0.1, 0.15) is 27.6 Å². The van der Waals surface area contributed by atoms with Gasteiger partial charge in [-0.15, -0.1) is 11.3 Å². The summed E-state index contributed by atoms with van der Waals surface area (Å²) in [6.45, 7) is 2.37. The van der Waals surface area contributed by atoms with Crippen molar-refractivity contribution in [3.8, 4) is 0 Å². The van der Waals surface area contributed by atoms with Gasteiger partial charge in [-0.05, 0) is 60.8 Å². The van der Waals surface area contributed by atoms with E-state index in [-0.39, 0.29) is 15.8 Å². The van der Waals surface area contributed by atoms with Gasteiger partial charge in [-0.3, -0.25) is 14.3 Å². The number of hydrogen-bond acceptors (Lipinski definition) is 5. The Morgan fingerprint density at radius 2 is 1.66 bits per heavy atom. The zero-order valence-electron chi connectivity index (χ0n) is 15.5. The van der Waals surface area contributed by atoms with Crippen LogP contribution in [0, 0.1) is 0 Å². The van der Waals surface area contributed by atoms with E-state index in [1.165, 1.54) is 12.1 Å². The van der Waals surface area contributed by atoms with Gasteiger partial charge in [0, 0.05) is 29.0 Å². The molecular formula is C20H19N3O4S2. The van der Waals surface area contributed by atoms with Gasteiger partial charge >= 0.3 is 0 Å². The van der Waals surface area contributed by atoms with Gasteiger partial charge < -0.3 is 10.6 Å². The molecule has 0 aliphatic carbocycles. The van der Waals surface area contributed by atoms with Crippen LogP contribution >= 0.6 is 11.3 Å². The normalized spacial score (nSPS) is 10.9. The molecule has 3 aromatic rings. The number of sulfonamides is 1. The lowest BCUT2D eigenvalue weighted by atomic mass is 10.1. The summed E-state index contributed by atoms with van der Waals surface area (Å²) in [6.07, 6.45) is 0. The smallest absolute Gasteiger partial charge is 0.271 e. The standard InChI is InChI=1S/C20H19N3O4S2/c1-2-21-19(24)14-8-10-16(11-9-14)22-20(25)15-5-3-6-17(13-15)23-29(26,27)18-7-4-12-28-18/h3-13,23H,2H2,1H3,(H,21,24)(H,22,25). The molecule has 0 unspecified atom stereocenters. The molecule has 0 saturated carbocycles. The second-order valence-corrected chi connectivity index (χ2v) is 8.87. The van der Waals surface area contributed by atoms with Crippen LogP contribution in [0.4, 0.5) is 11.4 Å². The number of carbonyl (C=O) groups is 2. The van der Waals surface area contributed by atoms with E-state index in [1.54, 1.807) is 53.9 Å². The first-order chi connectivity index (χ1) is 13.9. The molecule has 9 heteroatoms. The maximum atomic E-state index is 12.5. The largest absolute Gasteiger partial charge is 0.352 e. The minimum Gasteiger partial charge on any atom is -0.352 e. The van der Waals surface area contributed by atoms with Gasteiger partial charge in [-0.2, -0.15) is 0 Å². The molecular weight excluding hydrogens is 410 g/mol. The van der Waals surface area contributed by atoms with Crippen LogP contribution in [0.5, 0.6) is 0 Å². The van der Waals surface area contributed by atoms with Gasteiger partial charge in [0.15, 0.2) is 0 Å². The molecule has 1 heterocycles. The van der Waals surface area contributed by atoms with E-state index in [9.17, 15) is 18.0 Å². The van der Waals surface area contributed by atoms with Gasteiger partial charge in [0.2, 0.25) is 0 Å². The lowest BCUT2D eigenvalue weighted by Gasteiger charge is -2.09. The third-order valence-corrected chi connectivity index (χ3v) is 6.66. The van der Waals surface area contributed by atoms with Gasteiger partial charge in [0.25, 0.3) is 21.8 Å². The molecule has 0 atom stereocenters. The number of thiophene rings is 1. The molecule has 0 bridgehead atoms. The van der Waals surface area contributed by atoms with Crippen molar-refractivity contribution in [2.24, 2.45) is 0 Å². The predicted molar refractivity (Wildman–Crippen MR) is 114 cm³/mol. The molecule has 3 rings (SSSR count). The highest BCUT2D eigenvalue weighted by Crippen LogP contribution is 2.21. The van der Waals surface area contributed by atoms with Crippen LogP contribution in [0.15, 0.2) is 70.3 Å². The highest BCUT2D eigenvalue weighted by Gasteiger charge is 2.16. The second-order valence-electron chi connectivity index (χ2n) is 6.01. The molecule has 2 amide bonds. The summed E-state index contributed by atoms with van der Waals surface area (Å²) >= 11 is 1.11. The molecule has 0 fully saturated rings. The van der Waals surface area contributed by atoms with Crippen LogP contribution in [-0.4, -0.2) is 26.8 Å². The van der Waals surface area contributed by atoms with Crippen LogP contribution < -0.4 is 15.4 Å². The summed E-state index contributed by atoms with van der Waals surface area (Å²) in [7, 11) is -3.69. The van der Waals surface area contributed by atoms with Crippen molar-refractivity contribution in [3.05, 3.63) is 77.2 Å². The van der Waals surface area contributed by atoms with Crippen LogP contribution in [-0.2, 0) is 10.0 Å². The fraction of sp³-hybridized carbons (Fsp3) is 0.100. The summed E-state index contributed by atoms with van der Waals surface area (Å²) in [5.74, 6) is -0.580. The summed E-state index contributed by atoms with van der Waals surface area (Å²) in [5.41, 5.74) is 1.60. The highest BCUT2D eigenvalue weighted by molar-refractivity contribution is 7.94. The quantitative estimate of drug-likeness (QED) is 0.534. The van der Waals surface area contributed by atoms with E-state index in [0.717, 1.165) is 11.3 Å². The van der Waals surface area contributed by atoms with E-state index in [2.05, 4.69) is 15.4 Å². The summed E-state index contributed by atoms with van der Waals surface area (Å²) in [4.78, 5) is 24.3. The molecule has 7 nitrogen and oxygen atoms in total. The Morgan fingerprint density at radius 3 is 2.31 bits per heavy atom. The van der Waals surface area contributed by atoms with Crippen LogP contribution in [0.2, 0.25) is 0 Å². The van der Waals surface area contributed by atoms with Crippen molar-refractivity contribution >= 4 is 44.5 Å². The van der Waals surface area contributed by atoms with Gasteiger partial charge in [0.1, 0.15) is 4.21 Å². The average molecular weight is 430 g/mol. The molecule has 0 radical (unpaired) electrons. The van der Waals surface area contributed by atoms with E-state index in [0.29, 0.717) is 23.4 Å². The number of rotatable bonds is 7. The number of amides is 2. The first-order valence-electron chi connectivity index (χ1n) is 8.75. The fourth-order valence-corrected chi connectivity index (χ4v) is 4.56. The van der Waals surface area contributed by atoms with Crippen LogP contribution in [0.3, 0.4) is 0 Å². The molecule has 29 heavy (non-hydrogen) atoms. The topological polar surface area (TPSA) is 104 Å². The lowest BCUT2D eigenvalue weighted by Crippen LogP contribution is -2.22. The third-order valence-electron chi connectivity index (χ3n) is 3.88. The van der Waals surface area contributed by atoms with E-state index in [1.807, 2.05) is 6.92 Å². The zero-order chi connectivity index (χ0) is 20.9. The first kappa shape index (κ1) is 20.6. The molecule has 0 aliphatic heterocycles. The number of benzene rings is 2. The second kappa shape index (κ2) is 8.89. The Balaban J connectivity index is 1.70. The van der Waals surface area contributed by atoms with Crippen LogP contribution in [0.25, 0.3) is 0 Å². The van der Waals surface area contributed by atoms with Crippen molar-refractivity contribution in [1.29, 1.82) is 0 Å². The van der Waals surface area contributed by atoms with Gasteiger partial charge in [-0.1, -0.05) is 12.1 Å². The van der Waals surface area contributed by atoms with Crippen molar-refractivity contribution in [3.63, 3.8) is 0 Å². The maximum Gasteiger partial charge on any atom is 0.271 e. The monoisotopic (exact) mass is 429 g/mol. The molecule has 0 aliphatic rings. The predicted octanol–water partition coefficient (Wildman–Crippen LogP) is 3.55. The van der Waals surface area contributed by atoms with Crippen molar-refractivity contribution in [1.82, 2.24) is 5.32 Å². The zero-order valence-corrected chi connectivity index (χ0v) is 17.1. The van der Waals surface area contributed by atoms with Crippen molar-refractivity contribution in [2.45, 2.75) is 11.1 Å². The van der Waals surface area contributed by atoms with Gasteiger partial charge in [0.05, 0.1) is 0 Å². The summed E-state index contributed by atoms with van der Waals surface area (Å²) < 4.78 is 27.3. The molecule has 0 saturated heterocycles. The average Bonchev–Trinajstić information content (AvgIpc) is 3.24. The molecule has 3 N–H and O–H groups in total. The SMILES string of the molecule is CCNC(=O)c1ccc(NC(=O)c2cccc(NS(=O)(=O)c3cccs3)c2)cc1. The minimum absolute atomic E-state index is 0.184. The molecule has 2 aromatic carbocycles. The van der Waals surface area contributed by atoms with Crippen molar-refractivity contribution in [2.75, 3.05) is 16.6 Å². The molecule has 1 aromatic heterocycles. The Kier molecular flexibility index (Phi) is 6.30. The minimum atomic E-state index is -3.69. The van der Waals surface area contributed by atoms with E-state index >= 15 is 0 Å². The Labute approximate surface area is 172 Å². The van der Waals surface area contributed by atoms with Crippen molar-refractivity contribution < 1.29 is 18.0 Å². The number of nitrogens with one attached hydrogen (secondary N) is 3. The fourth-order valence-electron chi connectivity index (χ4n) is 2.52. The lowest BCUT2D eigenvalue weighted by molar-refractivity contribution is 0.0955. The Morgan fingerprint density at radius 1 is 0.897 bits per heavy atom. The highest BCUT2D eigenvalue weighted by atomic mass is 32.2. The number of hydrogen-bond donors (Lipinski definition) is 3. The first-order valence-corrected chi connectivity index (χ1v) is 11.1. The summed E-state index contributed by atoms with van der Waals surface area (Å²) in [6, 6.07) is 15.9. The molecule has 150 valence electrons. The van der Waals surface area contributed by atoms with E-state index < -0.39 is 15.9 Å².